The first kappa shape index (κ1) is 15.9. The van der Waals surface area contributed by atoms with Gasteiger partial charge in [-0.2, -0.15) is 4.98 Å². The Bertz CT molecular complexity index is 851. The van der Waals surface area contributed by atoms with E-state index in [1.165, 1.54) is 5.56 Å². The highest BCUT2D eigenvalue weighted by Gasteiger charge is 2.14. The molecule has 0 aliphatic heterocycles. The molecule has 0 radical (unpaired) electrons. The van der Waals surface area contributed by atoms with Gasteiger partial charge in [-0.15, -0.1) is 0 Å². The van der Waals surface area contributed by atoms with E-state index in [0.29, 0.717) is 34.4 Å². The minimum atomic E-state index is -0.172. The van der Waals surface area contributed by atoms with Gasteiger partial charge in [0, 0.05) is 5.56 Å². The molecular formula is C19H19N3O2. The van der Waals surface area contributed by atoms with Crippen molar-refractivity contribution >= 4 is 11.6 Å². The summed E-state index contributed by atoms with van der Waals surface area (Å²) in [7, 11) is 0. The van der Waals surface area contributed by atoms with E-state index in [9.17, 15) is 4.79 Å². The maximum absolute atomic E-state index is 12.5. The minimum Gasteiger partial charge on any atom is -0.334 e. The van der Waals surface area contributed by atoms with Crippen molar-refractivity contribution in [3.8, 4) is 11.5 Å². The van der Waals surface area contributed by atoms with E-state index < -0.39 is 0 Å². The average Bonchev–Trinajstić information content (AvgIpc) is 3.01. The molecule has 0 saturated carbocycles. The van der Waals surface area contributed by atoms with Gasteiger partial charge >= 0.3 is 0 Å². The number of hydrogen-bond acceptors (Lipinski definition) is 4. The molecule has 1 N–H and O–H groups in total. The molecule has 0 unspecified atom stereocenters. The SMILES string of the molecule is Cc1noc(-c2ccccc2NC(=O)c2ccc(C(C)C)cc2)n1. The molecule has 5 nitrogen and oxygen atoms in total. The van der Waals surface area contributed by atoms with E-state index in [4.69, 9.17) is 4.52 Å². The second-order valence-electron chi connectivity index (χ2n) is 5.92. The highest BCUT2D eigenvalue weighted by Crippen LogP contribution is 2.27. The lowest BCUT2D eigenvalue weighted by molar-refractivity contribution is 0.102. The van der Waals surface area contributed by atoms with Crippen LogP contribution in [0.3, 0.4) is 0 Å². The van der Waals surface area contributed by atoms with Gasteiger partial charge in [-0.1, -0.05) is 43.3 Å². The van der Waals surface area contributed by atoms with Gasteiger partial charge in [0.15, 0.2) is 5.82 Å². The molecule has 1 aromatic heterocycles. The number of para-hydroxylation sites is 1. The predicted molar refractivity (Wildman–Crippen MR) is 93.0 cm³/mol. The van der Waals surface area contributed by atoms with Crippen molar-refractivity contribution in [1.29, 1.82) is 0 Å². The van der Waals surface area contributed by atoms with E-state index in [-0.39, 0.29) is 5.91 Å². The lowest BCUT2D eigenvalue weighted by atomic mass is 10.0. The van der Waals surface area contributed by atoms with Crippen LogP contribution in [0, 0.1) is 6.92 Å². The monoisotopic (exact) mass is 321 g/mol. The number of nitrogens with zero attached hydrogens (tertiary/aromatic N) is 2. The largest absolute Gasteiger partial charge is 0.334 e. The third-order valence-electron chi connectivity index (χ3n) is 3.77. The van der Waals surface area contributed by atoms with Gasteiger partial charge in [-0.25, -0.2) is 0 Å². The van der Waals surface area contributed by atoms with Crippen LogP contribution in [-0.2, 0) is 0 Å². The van der Waals surface area contributed by atoms with E-state index in [1.807, 2.05) is 48.5 Å². The summed E-state index contributed by atoms with van der Waals surface area (Å²) in [6.45, 7) is 6.00. The standard InChI is InChI=1S/C19H19N3O2/c1-12(2)14-8-10-15(11-9-14)18(23)21-17-7-5-4-6-16(17)19-20-13(3)22-24-19/h4-12H,1-3H3,(H,21,23). The van der Waals surface area contributed by atoms with E-state index in [2.05, 4.69) is 29.3 Å². The molecule has 3 aromatic rings. The third-order valence-corrected chi connectivity index (χ3v) is 3.77. The Kier molecular flexibility index (Phi) is 4.42. The van der Waals surface area contributed by atoms with Gasteiger partial charge in [0.25, 0.3) is 11.8 Å². The molecule has 1 heterocycles. The van der Waals surface area contributed by atoms with Crippen molar-refractivity contribution in [2.75, 3.05) is 5.32 Å². The normalized spacial score (nSPS) is 10.8. The number of anilines is 1. The number of amides is 1. The molecule has 0 atom stereocenters. The molecule has 122 valence electrons. The minimum absolute atomic E-state index is 0.172. The second kappa shape index (κ2) is 6.66. The van der Waals surface area contributed by atoms with Crippen molar-refractivity contribution in [2.45, 2.75) is 26.7 Å². The average molecular weight is 321 g/mol. The van der Waals surface area contributed by atoms with Crippen LogP contribution in [0.25, 0.3) is 11.5 Å². The van der Waals surface area contributed by atoms with Gasteiger partial charge in [-0.3, -0.25) is 4.79 Å². The highest BCUT2D eigenvalue weighted by atomic mass is 16.5. The van der Waals surface area contributed by atoms with Crippen molar-refractivity contribution in [3.63, 3.8) is 0 Å². The molecular weight excluding hydrogens is 302 g/mol. The summed E-state index contributed by atoms with van der Waals surface area (Å²) in [4.78, 5) is 16.7. The quantitative estimate of drug-likeness (QED) is 0.772. The van der Waals surface area contributed by atoms with Gasteiger partial charge in [0.05, 0.1) is 11.3 Å². The summed E-state index contributed by atoms with van der Waals surface area (Å²) >= 11 is 0. The second-order valence-corrected chi connectivity index (χ2v) is 5.92. The van der Waals surface area contributed by atoms with Crippen molar-refractivity contribution < 1.29 is 9.32 Å². The number of benzene rings is 2. The Morgan fingerprint density at radius 2 is 1.79 bits per heavy atom. The van der Waals surface area contributed by atoms with Gasteiger partial charge < -0.3 is 9.84 Å². The Morgan fingerprint density at radius 1 is 1.08 bits per heavy atom. The summed E-state index contributed by atoms with van der Waals surface area (Å²) in [6.07, 6.45) is 0. The van der Waals surface area contributed by atoms with Crippen LogP contribution in [0.1, 0.15) is 41.5 Å². The van der Waals surface area contributed by atoms with E-state index in [0.717, 1.165) is 0 Å². The maximum Gasteiger partial charge on any atom is 0.260 e. The van der Waals surface area contributed by atoms with Crippen molar-refractivity contribution in [2.24, 2.45) is 0 Å². The Morgan fingerprint density at radius 3 is 2.42 bits per heavy atom. The van der Waals surface area contributed by atoms with Crippen LogP contribution < -0.4 is 5.32 Å². The Labute approximate surface area is 140 Å². The molecule has 0 aliphatic rings. The molecule has 0 bridgehead atoms. The fourth-order valence-electron chi connectivity index (χ4n) is 2.40. The molecule has 24 heavy (non-hydrogen) atoms. The van der Waals surface area contributed by atoms with Crippen LogP contribution in [0.4, 0.5) is 5.69 Å². The summed E-state index contributed by atoms with van der Waals surface area (Å²) in [5.41, 5.74) is 3.15. The number of aryl methyl sites for hydroxylation is 1. The number of aromatic nitrogens is 2. The molecule has 1 amide bonds. The van der Waals surface area contributed by atoms with E-state index in [1.54, 1.807) is 6.92 Å². The molecule has 2 aromatic carbocycles. The maximum atomic E-state index is 12.5. The van der Waals surface area contributed by atoms with Crippen LogP contribution in [-0.4, -0.2) is 16.0 Å². The Balaban J connectivity index is 1.84. The molecule has 0 spiro atoms. The summed E-state index contributed by atoms with van der Waals surface area (Å²) < 4.78 is 5.21. The van der Waals surface area contributed by atoms with Gasteiger partial charge in [0.2, 0.25) is 0 Å². The number of nitrogens with one attached hydrogen (secondary N) is 1. The van der Waals surface area contributed by atoms with Gasteiger partial charge in [0.1, 0.15) is 0 Å². The summed E-state index contributed by atoms with van der Waals surface area (Å²) in [5.74, 6) is 1.20. The predicted octanol–water partition coefficient (Wildman–Crippen LogP) is 4.42. The lowest BCUT2D eigenvalue weighted by Crippen LogP contribution is -2.12. The van der Waals surface area contributed by atoms with Crippen LogP contribution in [0.2, 0.25) is 0 Å². The highest BCUT2D eigenvalue weighted by molar-refractivity contribution is 6.06. The summed E-state index contributed by atoms with van der Waals surface area (Å²) in [6, 6.07) is 15.0. The number of rotatable bonds is 4. The number of carbonyl (C=O) groups excluding carboxylic acids is 1. The van der Waals surface area contributed by atoms with Gasteiger partial charge in [-0.05, 0) is 42.7 Å². The molecule has 5 heteroatoms. The van der Waals surface area contributed by atoms with Crippen molar-refractivity contribution in [1.82, 2.24) is 10.1 Å². The topological polar surface area (TPSA) is 68.0 Å². The lowest BCUT2D eigenvalue weighted by Gasteiger charge is -2.10. The van der Waals surface area contributed by atoms with Crippen LogP contribution in [0.5, 0.6) is 0 Å². The fraction of sp³-hybridized carbons (Fsp3) is 0.211. The Hall–Kier alpha value is -2.95. The zero-order valence-corrected chi connectivity index (χ0v) is 13.9. The first-order valence-corrected chi connectivity index (χ1v) is 7.85. The smallest absolute Gasteiger partial charge is 0.260 e. The summed E-state index contributed by atoms with van der Waals surface area (Å²) in [5, 5.41) is 6.72. The number of hydrogen-bond donors (Lipinski definition) is 1. The molecule has 0 aliphatic carbocycles. The number of carbonyl (C=O) groups is 1. The van der Waals surface area contributed by atoms with E-state index >= 15 is 0 Å². The van der Waals surface area contributed by atoms with Crippen LogP contribution in [0.15, 0.2) is 53.1 Å². The zero-order chi connectivity index (χ0) is 17.1. The first-order valence-electron chi connectivity index (χ1n) is 7.85. The van der Waals surface area contributed by atoms with Crippen LogP contribution >= 0.6 is 0 Å². The molecule has 0 saturated heterocycles. The first-order chi connectivity index (χ1) is 11.5. The third kappa shape index (κ3) is 3.35. The zero-order valence-electron chi connectivity index (χ0n) is 13.9. The van der Waals surface area contributed by atoms with Crippen molar-refractivity contribution in [3.05, 3.63) is 65.5 Å². The fourth-order valence-corrected chi connectivity index (χ4v) is 2.40. The molecule has 3 rings (SSSR count). The molecule has 0 fully saturated rings.